The molecule has 20 heavy (non-hydrogen) atoms. The van der Waals surface area contributed by atoms with Crippen LogP contribution in [0.5, 0.6) is 0 Å². The Balaban J connectivity index is 1.92. The summed E-state index contributed by atoms with van der Waals surface area (Å²) < 4.78 is 12.8. The maximum Gasteiger partial charge on any atom is 0.252 e. The van der Waals surface area contributed by atoms with E-state index in [0.29, 0.717) is 12.2 Å². The standard InChI is InChI=1S/C16H17FN2O/c1-12-3-9-15(10-4-12)19(2)11-18-16(20)13-5-7-14(17)8-6-13/h3-10H,11H2,1-2H3,(H,18,20). The van der Waals surface area contributed by atoms with Crippen LogP contribution in [0.3, 0.4) is 0 Å². The van der Waals surface area contributed by atoms with Crippen LogP contribution >= 0.6 is 0 Å². The van der Waals surface area contributed by atoms with Crippen LogP contribution in [0.1, 0.15) is 15.9 Å². The molecule has 3 nitrogen and oxygen atoms in total. The highest BCUT2D eigenvalue weighted by Gasteiger charge is 2.06. The molecule has 0 aliphatic carbocycles. The van der Waals surface area contributed by atoms with Crippen molar-refractivity contribution in [1.82, 2.24) is 5.32 Å². The molecule has 0 aromatic heterocycles. The van der Waals surface area contributed by atoms with Crippen LogP contribution in [0, 0.1) is 12.7 Å². The largest absolute Gasteiger partial charge is 0.357 e. The van der Waals surface area contributed by atoms with Gasteiger partial charge in [0.1, 0.15) is 5.82 Å². The summed E-state index contributed by atoms with van der Waals surface area (Å²) in [6.45, 7) is 2.42. The number of rotatable bonds is 4. The molecule has 0 unspecified atom stereocenters. The zero-order valence-electron chi connectivity index (χ0n) is 11.6. The van der Waals surface area contributed by atoms with E-state index in [0.717, 1.165) is 5.69 Å². The number of benzene rings is 2. The number of amides is 1. The van der Waals surface area contributed by atoms with Gasteiger partial charge < -0.3 is 10.2 Å². The number of nitrogens with one attached hydrogen (secondary N) is 1. The van der Waals surface area contributed by atoms with Crippen LogP contribution < -0.4 is 10.2 Å². The number of aryl methyl sites for hydroxylation is 1. The molecule has 2 rings (SSSR count). The normalized spacial score (nSPS) is 10.2. The van der Waals surface area contributed by atoms with E-state index in [1.807, 2.05) is 43.1 Å². The molecule has 1 N–H and O–H groups in total. The number of nitrogens with zero attached hydrogens (tertiary/aromatic N) is 1. The second-order valence-corrected chi connectivity index (χ2v) is 4.70. The van der Waals surface area contributed by atoms with Gasteiger partial charge in [-0.25, -0.2) is 4.39 Å². The van der Waals surface area contributed by atoms with Crippen molar-refractivity contribution in [3.8, 4) is 0 Å². The Labute approximate surface area is 118 Å². The van der Waals surface area contributed by atoms with Crippen molar-refractivity contribution in [3.63, 3.8) is 0 Å². The van der Waals surface area contributed by atoms with Crippen molar-refractivity contribution in [1.29, 1.82) is 0 Å². The van der Waals surface area contributed by atoms with Crippen molar-refractivity contribution >= 4 is 11.6 Å². The molecule has 0 saturated carbocycles. The van der Waals surface area contributed by atoms with Crippen molar-refractivity contribution in [3.05, 3.63) is 65.5 Å². The third kappa shape index (κ3) is 3.57. The van der Waals surface area contributed by atoms with E-state index in [1.165, 1.54) is 29.8 Å². The lowest BCUT2D eigenvalue weighted by molar-refractivity contribution is 0.0954. The van der Waals surface area contributed by atoms with Gasteiger partial charge in [0.15, 0.2) is 0 Å². The molecule has 0 bridgehead atoms. The van der Waals surface area contributed by atoms with Gasteiger partial charge in [0.2, 0.25) is 0 Å². The maximum absolute atomic E-state index is 12.8. The molecular formula is C16H17FN2O. The van der Waals surface area contributed by atoms with Crippen LogP contribution in [-0.4, -0.2) is 19.6 Å². The van der Waals surface area contributed by atoms with Gasteiger partial charge in [0.25, 0.3) is 5.91 Å². The van der Waals surface area contributed by atoms with Gasteiger partial charge in [-0.2, -0.15) is 0 Å². The molecule has 0 aliphatic heterocycles. The molecule has 0 spiro atoms. The van der Waals surface area contributed by atoms with E-state index in [9.17, 15) is 9.18 Å². The number of anilines is 1. The first-order valence-electron chi connectivity index (χ1n) is 6.38. The van der Waals surface area contributed by atoms with Gasteiger partial charge >= 0.3 is 0 Å². The second kappa shape index (κ2) is 6.19. The van der Waals surface area contributed by atoms with E-state index in [-0.39, 0.29) is 11.7 Å². The van der Waals surface area contributed by atoms with Crippen molar-refractivity contribution < 1.29 is 9.18 Å². The second-order valence-electron chi connectivity index (χ2n) is 4.70. The Bertz CT molecular complexity index is 578. The molecule has 0 radical (unpaired) electrons. The Morgan fingerprint density at radius 3 is 2.30 bits per heavy atom. The molecule has 2 aromatic carbocycles. The van der Waals surface area contributed by atoms with E-state index in [2.05, 4.69) is 5.32 Å². The quantitative estimate of drug-likeness (QED) is 0.868. The minimum atomic E-state index is -0.349. The molecule has 104 valence electrons. The third-order valence-corrected chi connectivity index (χ3v) is 3.06. The summed E-state index contributed by atoms with van der Waals surface area (Å²) in [6, 6.07) is 13.5. The summed E-state index contributed by atoms with van der Waals surface area (Å²) in [6.07, 6.45) is 0. The average Bonchev–Trinajstić information content (AvgIpc) is 2.46. The summed E-state index contributed by atoms with van der Waals surface area (Å²) in [5.41, 5.74) is 2.66. The molecule has 2 aromatic rings. The van der Waals surface area contributed by atoms with Gasteiger partial charge in [-0.1, -0.05) is 17.7 Å². The minimum Gasteiger partial charge on any atom is -0.357 e. The van der Waals surface area contributed by atoms with E-state index in [1.54, 1.807) is 0 Å². The highest BCUT2D eigenvalue weighted by Crippen LogP contribution is 2.12. The smallest absolute Gasteiger partial charge is 0.252 e. The van der Waals surface area contributed by atoms with Crippen molar-refractivity contribution in [2.75, 3.05) is 18.6 Å². The molecule has 0 atom stereocenters. The summed E-state index contributed by atoms with van der Waals surface area (Å²) in [7, 11) is 1.90. The van der Waals surface area contributed by atoms with Crippen molar-refractivity contribution in [2.24, 2.45) is 0 Å². The molecule has 1 amide bonds. The Morgan fingerprint density at radius 1 is 1.10 bits per heavy atom. The van der Waals surface area contributed by atoms with E-state index >= 15 is 0 Å². The third-order valence-electron chi connectivity index (χ3n) is 3.06. The van der Waals surface area contributed by atoms with Crippen LogP contribution in [0.25, 0.3) is 0 Å². The number of carbonyl (C=O) groups is 1. The van der Waals surface area contributed by atoms with Gasteiger partial charge in [-0.05, 0) is 43.3 Å². The van der Waals surface area contributed by atoms with Gasteiger partial charge in [-0.3, -0.25) is 4.79 Å². The Hall–Kier alpha value is -2.36. The minimum absolute atomic E-state index is 0.219. The zero-order chi connectivity index (χ0) is 14.5. The molecule has 4 heteroatoms. The van der Waals surface area contributed by atoms with Crippen LogP contribution in [-0.2, 0) is 0 Å². The van der Waals surface area contributed by atoms with Crippen LogP contribution in [0.15, 0.2) is 48.5 Å². The monoisotopic (exact) mass is 272 g/mol. The van der Waals surface area contributed by atoms with E-state index in [4.69, 9.17) is 0 Å². The first-order chi connectivity index (χ1) is 9.56. The average molecular weight is 272 g/mol. The van der Waals surface area contributed by atoms with Gasteiger partial charge in [0, 0.05) is 18.3 Å². The fourth-order valence-corrected chi connectivity index (χ4v) is 1.78. The highest BCUT2D eigenvalue weighted by molar-refractivity contribution is 5.94. The summed E-state index contributed by atoms with van der Waals surface area (Å²) in [5.74, 6) is -0.567. The predicted molar refractivity (Wildman–Crippen MR) is 78.3 cm³/mol. The van der Waals surface area contributed by atoms with Gasteiger partial charge in [0.05, 0.1) is 6.67 Å². The SMILES string of the molecule is Cc1ccc(N(C)CNC(=O)c2ccc(F)cc2)cc1. The molecule has 0 saturated heterocycles. The summed E-state index contributed by atoms with van der Waals surface area (Å²) in [5, 5.41) is 2.80. The van der Waals surface area contributed by atoms with Crippen LogP contribution in [0.2, 0.25) is 0 Å². The highest BCUT2D eigenvalue weighted by atomic mass is 19.1. The number of carbonyl (C=O) groups excluding carboxylic acids is 1. The molecular weight excluding hydrogens is 255 g/mol. The maximum atomic E-state index is 12.8. The number of halogens is 1. The first kappa shape index (κ1) is 14.1. The summed E-state index contributed by atoms with van der Waals surface area (Å²) in [4.78, 5) is 13.8. The molecule has 0 heterocycles. The first-order valence-corrected chi connectivity index (χ1v) is 6.38. The lowest BCUT2D eigenvalue weighted by Crippen LogP contribution is -2.35. The zero-order valence-corrected chi connectivity index (χ0v) is 11.6. The molecule has 0 aliphatic rings. The summed E-state index contributed by atoms with van der Waals surface area (Å²) >= 11 is 0. The van der Waals surface area contributed by atoms with E-state index < -0.39 is 0 Å². The molecule has 0 fully saturated rings. The Morgan fingerprint density at radius 2 is 1.70 bits per heavy atom. The lowest BCUT2D eigenvalue weighted by Gasteiger charge is -2.20. The van der Waals surface area contributed by atoms with Crippen LogP contribution in [0.4, 0.5) is 10.1 Å². The predicted octanol–water partition coefficient (Wildman–Crippen LogP) is 2.96. The fraction of sp³-hybridized carbons (Fsp3) is 0.188. The fourth-order valence-electron chi connectivity index (χ4n) is 1.78. The number of hydrogen-bond donors (Lipinski definition) is 1. The van der Waals surface area contributed by atoms with Crippen molar-refractivity contribution in [2.45, 2.75) is 6.92 Å². The topological polar surface area (TPSA) is 32.3 Å². The Kier molecular flexibility index (Phi) is 4.35. The van der Waals surface area contributed by atoms with Gasteiger partial charge in [-0.15, -0.1) is 0 Å². The lowest BCUT2D eigenvalue weighted by atomic mass is 10.2. The number of hydrogen-bond acceptors (Lipinski definition) is 2.